The minimum absolute atomic E-state index is 0.275. The summed E-state index contributed by atoms with van der Waals surface area (Å²) in [6.45, 7) is 0. The minimum Gasteiger partial charge on any atom is -0.502 e. The van der Waals surface area contributed by atoms with Crippen molar-refractivity contribution in [3.8, 4) is 5.75 Å². The van der Waals surface area contributed by atoms with Crippen LogP contribution in [0.1, 0.15) is 37.7 Å². The summed E-state index contributed by atoms with van der Waals surface area (Å²) in [5.41, 5.74) is 0.382. The Kier molecular flexibility index (Phi) is 3.92. The number of phenols is 1. The Morgan fingerprint density at radius 3 is 2.72 bits per heavy atom. The lowest BCUT2D eigenvalue weighted by Crippen LogP contribution is -2.09. The molecule has 0 unspecified atom stereocenters. The fourth-order valence-electron chi connectivity index (χ4n) is 2.19. The maximum Gasteiger partial charge on any atom is 0.311 e. The lowest BCUT2D eigenvalue weighted by atomic mass is 9.96. The van der Waals surface area contributed by atoms with Crippen molar-refractivity contribution in [3.63, 3.8) is 0 Å². The van der Waals surface area contributed by atoms with Crippen molar-refractivity contribution in [2.75, 3.05) is 0 Å². The number of hydrogen-bond donors (Lipinski definition) is 1. The predicted molar refractivity (Wildman–Crippen MR) is 69.2 cm³/mol. The second kappa shape index (κ2) is 5.62. The molecule has 2 rings (SSSR count). The van der Waals surface area contributed by atoms with Crippen molar-refractivity contribution in [2.45, 2.75) is 38.1 Å². The standard InChI is InChI=1S/C13H16N2O3/c16-13-7-6-10(8-12(13)15(17)18)9-14-11-4-2-1-3-5-11/h6-9,11,16H,1-5H2. The molecule has 18 heavy (non-hydrogen) atoms. The van der Waals surface area contributed by atoms with Crippen LogP contribution < -0.4 is 0 Å². The second-order valence-electron chi connectivity index (χ2n) is 4.58. The molecule has 1 aliphatic rings. The third-order valence-corrected chi connectivity index (χ3v) is 3.21. The number of nitro benzene ring substituents is 1. The Morgan fingerprint density at radius 2 is 2.06 bits per heavy atom. The van der Waals surface area contributed by atoms with Crippen LogP contribution in [0, 0.1) is 10.1 Å². The molecule has 0 aromatic heterocycles. The Labute approximate surface area is 105 Å². The van der Waals surface area contributed by atoms with Gasteiger partial charge in [0.2, 0.25) is 0 Å². The molecule has 5 heteroatoms. The van der Waals surface area contributed by atoms with Crippen molar-refractivity contribution in [1.29, 1.82) is 0 Å². The van der Waals surface area contributed by atoms with E-state index in [1.807, 2.05) is 0 Å². The van der Waals surface area contributed by atoms with E-state index in [9.17, 15) is 15.2 Å². The number of rotatable bonds is 3. The minimum atomic E-state index is -0.590. The van der Waals surface area contributed by atoms with Crippen LogP contribution in [0.3, 0.4) is 0 Å². The van der Waals surface area contributed by atoms with Crippen molar-refractivity contribution in [3.05, 3.63) is 33.9 Å². The third kappa shape index (κ3) is 3.06. The molecule has 0 aliphatic heterocycles. The molecule has 0 heterocycles. The zero-order valence-electron chi connectivity index (χ0n) is 10.1. The Bertz CT molecular complexity index is 465. The third-order valence-electron chi connectivity index (χ3n) is 3.21. The molecule has 1 aromatic rings. The topological polar surface area (TPSA) is 75.7 Å². The molecule has 1 aliphatic carbocycles. The molecule has 1 aromatic carbocycles. The van der Waals surface area contributed by atoms with Gasteiger partial charge in [-0.15, -0.1) is 0 Å². The van der Waals surface area contributed by atoms with Crippen LogP contribution in [-0.4, -0.2) is 22.3 Å². The van der Waals surface area contributed by atoms with Crippen LogP contribution in [0.25, 0.3) is 0 Å². The van der Waals surface area contributed by atoms with Crippen molar-refractivity contribution < 1.29 is 10.0 Å². The summed E-state index contributed by atoms with van der Waals surface area (Å²) in [5.74, 6) is -0.310. The van der Waals surface area contributed by atoms with Crippen LogP contribution in [-0.2, 0) is 0 Å². The molecule has 96 valence electrons. The molecule has 0 spiro atoms. The molecule has 0 radical (unpaired) electrons. The zero-order valence-corrected chi connectivity index (χ0v) is 10.1. The summed E-state index contributed by atoms with van der Waals surface area (Å²) in [6, 6.07) is 4.66. The lowest BCUT2D eigenvalue weighted by molar-refractivity contribution is -0.385. The number of phenolic OH excluding ortho intramolecular Hbond substituents is 1. The van der Waals surface area contributed by atoms with Crippen LogP contribution in [0.15, 0.2) is 23.2 Å². The van der Waals surface area contributed by atoms with E-state index in [2.05, 4.69) is 4.99 Å². The van der Waals surface area contributed by atoms with E-state index in [1.54, 1.807) is 12.3 Å². The van der Waals surface area contributed by atoms with Gasteiger partial charge >= 0.3 is 5.69 Å². The molecule has 0 bridgehead atoms. The predicted octanol–water partition coefficient (Wildman–Crippen LogP) is 3.05. The smallest absolute Gasteiger partial charge is 0.311 e. The number of nitrogens with zero attached hydrogens (tertiary/aromatic N) is 2. The van der Waals surface area contributed by atoms with Crippen LogP contribution >= 0.6 is 0 Å². The van der Waals surface area contributed by atoms with E-state index < -0.39 is 4.92 Å². The van der Waals surface area contributed by atoms with Gasteiger partial charge < -0.3 is 5.11 Å². The molecule has 0 atom stereocenters. The van der Waals surface area contributed by atoms with Crippen LogP contribution in [0.2, 0.25) is 0 Å². The summed E-state index contributed by atoms with van der Waals surface area (Å²) in [4.78, 5) is 14.5. The van der Waals surface area contributed by atoms with E-state index >= 15 is 0 Å². The molecule has 0 amide bonds. The highest BCUT2D eigenvalue weighted by atomic mass is 16.6. The van der Waals surface area contributed by atoms with Gasteiger partial charge in [0.1, 0.15) is 0 Å². The van der Waals surface area contributed by atoms with Gasteiger partial charge in [-0.25, -0.2) is 0 Å². The van der Waals surface area contributed by atoms with Gasteiger partial charge in [0.05, 0.1) is 4.92 Å². The SMILES string of the molecule is O=[N+]([O-])c1cc(C=NC2CCCCC2)ccc1O. The van der Waals surface area contributed by atoms with Crippen molar-refractivity contribution >= 4 is 11.9 Å². The van der Waals surface area contributed by atoms with Crippen molar-refractivity contribution in [2.24, 2.45) is 4.99 Å². The van der Waals surface area contributed by atoms with Gasteiger partial charge in [0.15, 0.2) is 5.75 Å². The number of benzene rings is 1. The van der Waals surface area contributed by atoms with E-state index in [4.69, 9.17) is 0 Å². The summed E-state index contributed by atoms with van der Waals surface area (Å²) in [7, 11) is 0. The zero-order chi connectivity index (χ0) is 13.0. The first-order valence-corrected chi connectivity index (χ1v) is 6.17. The maximum absolute atomic E-state index is 10.7. The fraction of sp³-hybridized carbons (Fsp3) is 0.462. The van der Waals surface area contributed by atoms with Crippen LogP contribution in [0.4, 0.5) is 5.69 Å². The van der Waals surface area contributed by atoms with Gasteiger partial charge in [-0.05, 0) is 30.5 Å². The molecular formula is C13H16N2O3. The summed E-state index contributed by atoms with van der Waals surface area (Å²) < 4.78 is 0. The molecule has 1 fully saturated rings. The van der Waals surface area contributed by atoms with Gasteiger partial charge in [0.25, 0.3) is 0 Å². The van der Waals surface area contributed by atoms with Gasteiger partial charge in [0, 0.05) is 18.3 Å². The van der Waals surface area contributed by atoms with E-state index in [1.165, 1.54) is 31.4 Å². The number of hydrogen-bond acceptors (Lipinski definition) is 4. The molecule has 0 saturated heterocycles. The first-order valence-electron chi connectivity index (χ1n) is 6.17. The van der Waals surface area contributed by atoms with Gasteiger partial charge in [-0.3, -0.25) is 15.1 Å². The highest BCUT2D eigenvalue weighted by Gasteiger charge is 2.14. The number of aliphatic imine (C=N–C) groups is 1. The Morgan fingerprint density at radius 1 is 1.33 bits per heavy atom. The molecule has 1 saturated carbocycles. The van der Waals surface area contributed by atoms with E-state index in [0.717, 1.165) is 12.8 Å². The number of nitro groups is 1. The quantitative estimate of drug-likeness (QED) is 0.507. The lowest BCUT2D eigenvalue weighted by Gasteiger charge is -2.17. The molecule has 5 nitrogen and oxygen atoms in total. The molecule has 1 N–H and O–H groups in total. The molecular weight excluding hydrogens is 232 g/mol. The highest BCUT2D eigenvalue weighted by Crippen LogP contribution is 2.26. The van der Waals surface area contributed by atoms with Gasteiger partial charge in [-0.2, -0.15) is 0 Å². The average molecular weight is 248 g/mol. The highest BCUT2D eigenvalue weighted by molar-refractivity contribution is 5.81. The largest absolute Gasteiger partial charge is 0.502 e. The summed E-state index contributed by atoms with van der Waals surface area (Å²) >= 11 is 0. The number of aromatic hydroxyl groups is 1. The van der Waals surface area contributed by atoms with Gasteiger partial charge in [-0.1, -0.05) is 19.3 Å². The summed E-state index contributed by atoms with van der Waals surface area (Å²) in [5, 5.41) is 20.0. The fourth-order valence-corrected chi connectivity index (χ4v) is 2.19. The Balaban J connectivity index is 2.11. The van der Waals surface area contributed by atoms with E-state index in [0.29, 0.717) is 11.6 Å². The summed E-state index contributed by atoms with van der Waals surface area (Å²) in [6.07, 6.45) is 7.54. The Hall–Kier alpha value is -1.91. The maximum atomic E-state index is 10.7. The first-order chi connectivity index (χ1) is 8.66. The first kappa shape index (κ1) is 12.5. The monoisotopic (exact) mass is 248 g/mol. The van der Waals surface area contributed by atoms with Crippen LogP contribution in [0.5, 0.6) is 5.75 Å². The normalized spacial score (nSPS) is 17.1. The van der Waals surface area contributed by atoms with E-state index in [-0.39, 0.29) is 11.4 Å². The second-order valence-corrected chi connectivity index (χ2v) is 4.58. The average Bonchev–Trinajstić information content (AvgIpc) is 2.38. The van der Waals surface area contributed by atoms with Crippen molar-refractivity contribution in [1.82, 2.24) is 0 Å².